The van der Waals surface area contributed by atoms with E-state index in [1.54, 1.807) is 19.1 Å². The van der Waals surface area contributed by atoms with Gasteiger partial charge in [-0.1, -0.05) is 47.1 Å². The number of imide groups is 1. The molecule has 3 N–H and O–H groups in total. The fourth-order valence-corrected chi connectivity index (χ4v) is 3.57. The van der Waals surface area contributed by atoms with Crippen molar-refractivity contribution in [3.8, 4) is 17.1 Å². The number of nitrogens with one attached hydrogen (secondary N) is 1. The van der Waals surface area contributed by atoms with E-state index in [0.717, 1.165) is 16.8 Å². The van der Waals surface area contributed by atoms with Gasteiger partial charge in [-0.15, -0.1) is 10.2 Å². The summed E-state index contributed by atoms with van der Waals surface area (Å²) >= 11 is 7.20. The van der Waals surface area contributed by atoms with Crippen LogP contribution in [0.15, 0.2) is 53.7 Å². The molecule has 3 rings (SSSR count). The third-order valence-corrected chi connectivity index (χ3v) is 5.19. The van der Waals surface area contributed by atoms with Gasteiger partial charge in [0, 0.05) is 16.3 Å². The minimum absolute atomic E-state index is 0.500. The van der Waals surface area contributed by atoms with Gasteiger partial charge in [0.2, 0.25) is 5.91 Å². The van der Waals surface area contributed by atoms with E-state index in [4.69, 9.17) is 17.3 Å². The number of rotatable bonds is 5. The molecular weight excluding hydrogens is 398 g/mol. The van der Waals surface area contributed by atoms with Crippen molar-refractivity contribution in [2.24, 2.45) is 5.73 Å². The number of urea groups is 1. The van der Waals surface area contributed by atoms with Gasteiger partial charge in [-0.2, -0.15) is 0 Å². The number of aromatic nitrogens is 3. The molecule has 0 bridgehead atoms. The van der Waals surface area contributed by atoms with Gasteiger partial charge in [-0.05, 0) is 44.2 Å². The van der Waals surface area contributed by atoms with Crippen molar-refractivity contribution in [3.63, 3.8) is 0 Å². The average molecular weight is 416 g/mol. The average Bonchev–Trinajstić information content (AvgIpc) is 3.05. The summed E-state index contributed by atoms with van der Waals surface area (Å²) in [6.45, 7) is 3.66. The molecule has 0 spiro atoms. The fourth-order valence-electron chi connectivity index (χ4n) is 2.58. The lowest BCUT2D eigenvalue weighted by Crippen LogP contribution is -2.39. The highest BCUT2D eigenvalue weighted by molar-refractivity contribution is 8.00. The molecule has 0 saturated heterocycles. The summed E-state index contributed by atoms with van der Waals surface area (Å²) in [5.74, 6) is 0.135. The Morgan fingerprint density at radius 1 is 1.18 bits per heavy atom. The van der Waals surface area contributed by atoms with Crippen molar-refractivity contribution in [2.45, 2.75) is 24.3 Å². The van der Waals surface area contributed by atoms with Crippen molar-refractivity contribution in [1.82, 2.24) is 20.1 Å². The lowest BCUT2D eigenvalue weighted by molar-refractivity contribution is -0.119. The molecule has 0 aliphatic rings. The van der Waals surface area contributed by atoms with Gasteiger partial charge < -0.3 is 5.73 Å². The van der Waals surface area contributed by atoms with E-state index < -0.39 is 17.2 Å². The van der Waals surface area contributed by atoms with Crippen molar-refractivity contribution in [1.29, 1.82) is 0 Å². The molecule has 144 valence electrons. The number of benzene rings is 2. The van der Waals surface area contributed by atoms with Crippen molar-refractivity contribution in [2.75, 3.05) is 0 Å². The second-order valence-electron chi connectivity index (χ2n) is 6.10. The van der Waals surface area contributed by atoms with Gasteiger partial charge in [0.1, 0.15) is 0 Å². The van der Waals surface area contributed by atoms with E-state index in [-0.39, 0.29) is 0 Å². The van der Waals surface area contributed by atoms with Crippen LogP contribution >= 0.6 is 23.4 Å². The van der Waals surface area contributed by atoms with Crippen LogP contribution < -0.4 is 11.1 Å². The molecule has 0 saturated carbocycles. The van der Waals surface area contributed by atoms with Gasteiger partial charge >= 0.3 is 6.03 Å². The van der Waals surface area contributed by atoms with Crippen LogP contribution in [0.3, 0.4) is 0 Å². The number of thioether (sulfide) groups is 1. The van der Waals surface area contributed by atoms with Crippen LogP contribution in [0.1, 0.15) is 12.5 Å². The predicted octanol–water partition coefficient (Wildman–Crippen LogP) is 3.57. The summed E-state index contributed by atoms with van der Waals surface area (Å²) in [5.41, 5.74) is 7.81. The van der Waals surface area contributed by atoms with Crippen molar-refractivity contribution in [3.05, 3.63) is 59.1 Å². The Morgan fingerprint density at radius 3 is 2.54 bits per heavy atom. The molecule has 0 radical (unpaired) electrons. The number of nitrogens with zero attached hydrogens (tertiary/aromatic N) is 3. The number of hydrogen-bond donors (Lipinski definition) is 2. The Morgan fingerprint density at radius 2 is 1.89 bits per heavy atom. The fraction of sp³-hybridized carbons (Fsp3) is 0.158. The first-order valence-corrected chi connectivity index (χ1v) is 9.66. The van der Waals surface area contributed by atoms with Crippen LogP contribution in [0.4, 0.5) is 4.79 Å². The summed E-state index contributed by atoms with van der Waals surface area (Å²) < 4.78 is 1.85. The Balaban J connectivity index is 2.04. The largest absolute Gasteiger partial charge is 0.351 e. The van der Waals surface area contributed by atoms with E-state index in [2.05, 4.69) is 15.5 Å². The predicted molar refractivity (Wildman–Crippen MR) is 110 cm³/mol. The van der Waals surface area contributed by atoms with E-state index in [0.29, 0.717) is 16.0 Å². The number of aryl methyl sites for hydroxylation is 1. The molecule has 0 fully saturated rings. The van der Waals surface area contributed by atoms with Crippen molar-refractivity contribution >= 4 is 35.3 Å². The van der Waals surface area contributed by atoms with Crippen LogP contribution in [-0.2, 0) is 4.79 Å². The summed E-state index contributed by atoms with van der Waals surface area (Å²) in [4.78, 5) is 23.0. The van der Waals surface area contributed by atoms with Crippen molar-refractivity contribution < 1.29 is 9.59 Å². The zero-order valence-corrected chi connectivity index (χ0v) is 16.8. The Bertz CT molecular complexity index is 1020. The first-order valence-electron chi connectivity index (χ1n) is 8.40. The standard InChI is InChI=1S/C19H18ClN5O2S/c1-11-4-3-5-13(10-11)16-23-24-19(28-12(2)17(26)22-18(21)27)25(16)15-8-6-14(20)7-9-15/h3-10,12H,1-2H3,(H3,21,22,26,27). The van der Waals surface area contributed by atoms with Crippen LogP contribution in [0.25, 0.3) is 17.1 Å². The van der Waals surface area contributed by atoms with Crippen LogP contribution in [0, 0.1) is 6.92 Å². The zero-order valence-electron chi connectivity index (χ0n) is 15.2. The molecule has 1 heterocycles. The summed E-state index contributed by atoms with van der Waals surface area (Å²) in [6.07, 6.45) is 0. The van der Waals surface area contributed by atoms with Gasteiger partial charge in [0.25, 0.3) is 0 Å². The second-order valence-corrected chi connectivity index (χ2v) is 7.85. The summed E-state index contributed by atoms with van der Waals surface area (Å²) in [5, 5.41) is 11.2. The summed E-state index contributed by atoms with van der Waals surface area (Å²) in [7, 11) is 0. The molecule has 1 aromatic heterocycles. The maximum Gasteiger partial charge on any atom is 0.318 e. The number of hydrogen-bond acceptors (Lipinski definition) is 5. The Kier molecular flexibility index (Phi) is 6.01. The number of carbonyl (C=O) groups is 2. The molecule has 7 nitrogen and oxygen atoms in total. The number of carbonyl (C=O) groups excluding carboxylic acids is 2. The van der Waals surface area contributed by atoms with Crippen LogP contribution in [-0.4, -0.2) is 32.0 Å². The number of primary amides is 1. The molecule has 2 aromatic carbocycles. The monoisotopic (exact) mass is 415 g/mol. The number of halogens is 1. The lowest BCUT2D eigenvalue weighted by atomic mass is 10.1. The number of amides is 3. The molecule has 28 heavy (non-hydrogen) atoms. The first kappa shape index (κ1) is 19.9. The SMILES string of the molecule is Cc1cccc(-c2nnc(SC(C)C(=O)NC(N)=O)n2-c2ccc(Cl)cc2)c1. The highest BCUT2D eigenvalue weighted by Gasteiger charge is 2.22. The minimum Gasteiger partial charge on any atom is -0.351 e. The van der Waals surface area contributed by atoms with Crippen LogP contribution in [0.5, 0.6) is 0 Å². The molecule has 0 aliphatic carbocycles. The smallest absolute Gasteiger partial charge is 0.318 e. The third-order valence-electron chi connectivity index (χ3n) is 3.89. The van der Waals surface area contributed by atoms with E-state index in [9.17, 15) is 9.59 Å². The van der Waals surface area contributed by atoms with Crippen LogP contribution in [0.2, 0.25) is 5.02 Å². The number of nitrogens with two attached hydrogens (primary N) is 1. The third kappa shape index (κ3) is 4.52. The molecule has 1 atom stereocenters. The van der Waals surface area contributed by atoms with E-state index in [1.165, 1.54) is 11.8 Å². The zero-order chi connectivity index (χ0) is 20.3. The van der Waals surface area contributed by atoms with Gasteiger partial charge in [-0.3, -0.25) is 14.7 Å². The highest BCUT2D eigenvalue weighted by atomic mass is 35.5. The maximum atomic E-state index is 12.1. The molecule has 9 heteroatoms. The normalized spacial score (nSPS) is 11.8. The van der Waals surface area contributed by atoms with E-state index >= 15 is 0 Å². The van der Waals surface area contributed by atoms with Gasteiger partial charge in [-0.25, -0.2) is 4.79 Å². The Hall–Kier alpha value is -2.84. The molecule has 3 amide bonds. The molecule has 1 unspecified atom stereocenters. The molecule has 0 aliphatic heterocycles. The summed E-state index contributed by atoms with van der Waals surface area (Å²) in [6, 6.07) is 14.3. The quantitative estimate of drug-likeness (QED) is 0.620. The van der Waals surface area contributed by atoms with Gasteiger partial charge in [0.05, 0.1) is 5.25 Å². The topological polar surface area (TPSA) is 103 Å². The lowest BCUT2D eigenvalue weighted by Gasteiger charge is -2.13. The first-order chi connectivity index (χ1) is 13.3. The second kappa shape index (κ2) is 8.45. The Labute approximate surface area is 171 Å². The maximum absolute atomic E-state index is 12.1. The highest BCUT2D eigenvalue weighted by Crippen LogP contribution is 2.31. The molecular formula is C19H18ClN5O2S. The molecule has 3 aromatic rings. The van der Waals surface area contributed by atoms with E-state index in [1.807, 2.05) is 47.9 Å². The van der Waals surface area contributed by atoms with Gasteiger partial charge in [0.15, 0.2) is 11.0 Å². The minimum atomic E-state index is -0.892.